The van der Waals surface area contributed by atoms with Crippen molar-refractivity contribution >= 4 is 52.1 Å². The third-order valence-electron chi connectivity index (χ3n) is 6.39. The summed E-state index contributed by atoms with van der Waals surface area (Å²) in [5.41, 5.74) is 1.26. The number of nitrogens with zero attached hydrogens (tertiary/aromatic N) is 6. The van der Waals surface area contributed by atoms with Crippen molar-refractivity contribution in [3.05, 3.63) is 48.3 Å². The van der Waals surface area contributed by atoms with Gasteiger partial charge in [-0.05, 0) is 57.7 Å². The summed E-state index contributed by atoms with van der Waals surface area (Å²) in [5, 5.41) is 15.5. The van der Waals surface area contributed by atoms with Crippen molar-refractivity contribution in [2.75, 3.05) is 24.4 Å². The number of benzene rings is 1. The van der Waals surface area contributed by atoms with Crippen LogP contribution in [0, 0.1) is 12.8 Å². The Kier molecular flexibility index (Phi) is 7.76. The fourth-order valence-electron chi connectivity index (χ4n) is 4.09. The molecule has 37 heavy (non-hydrogen) atoms. The lowest BCUT2D eigenvalue weighted by molar-refractivity contribution is 0.156. The quantitative estimate of drug-likeness (QED) is 0.306. The van der Waals surface area contributed by atoms with Crippen LogP contribution in [-0.2, 0) is 14.8 Å². The fraction of sp³-hybridized carbons (Fsp3) is 0.417. The van der Waals surface area contributed by atoms with E-state index < -0.39 is 10.0 Å². The van der Waals surface area contributed by atoms with Crippen molar-refractivity contribution in [2.24, 2.45) is 5.92 Å². The van der Waals surface area contributed by atoms with Crippen LogP contribution in [0.4, 0.5) is 17.6 Å². The zero-order chi connectivity index (χ0) is 25.4. The molecule has 0 radical (unpaired) electrons. The Morgan fingerprint density at radius 1 is 1.14 bits per heavy atom. The first-order chi connectivity index (χ1) is 17.3. The van der Waals surface area contributed by atoms with E-state index in [0.29, 0.717) is 29.5 Å². The third-order valence-corrected chi connectivity index (χ3v) is 8.07. The van der Waals surface area contributed by atoms with Gasteiger partial charge in [-0.2, -0.15) is 23.5 Å². The van der Waals surface area contributed by atoms with E-state index in [0.717, 1.165) is 5.56 Å². The topological polar surface area (TPSA) is 129 Å². The van der Waals surface area contributed by atoms with Gasteiger partial charge in [-0.1, -0.05) is 22.9 Å². The number of fused-ring (bicyclic) bond motifs is 1. The van der Waals surface area contributed by atoms with Gasteiger partial charge in [0.25, 0.3) is 10.0 Å². The van der Waals surface area contributed by atoms with Gasteiger partial charge in [0, 0.05) is 19.3 Å². The standard InChI is InChI=1S/C24H30N8O3S.H2S/c1-15-5-9-19(10-6-15)36(33,34)32-12-11-20-22(25-17(3)18-7-8-18)27-24(28-23(20)32)26-21-13-31(30-29-21)16(2)14-35-4;/h5-6,9-13,16-18H,7-8,14H2,1-4H3,(H2,25,26,27,28);1H2/t16?,17-;/m0./s1. The molecule has 1 aliphatic carbocycles. The first-order valence-electron chi connectivity index (χ1n) is 11.9. The van der Waals surface area contributed by atoms with Crippen molar-refractivity contribution in [2.45, 2.75) is 50.6 Å². The van der Waals surface area contributed by atoms with Crippen molar-refractivity contribution < 1.29 is 13.2 Å². The van der Waals surface area contributed by atoms with E-state index in [-0.39, 0.29) is 42.1 Å². The molecular weight excluding hydrogens is 512 g/mol. The molecule has 2 atom stereocenters. The molecule has 0 bridgehead atoms. The number of rotatable bonds is 10. The van der Waals surface area contributed by atoms with E-state index in [4.69, 9.17) is 4.74 Å². The summed E-state index contributed by atoms with van der Waals surface area (Å²) in [6, 6.07) is 8.68. The van der Waals surface area contributed by atoms with Crippen LogP contribution in [0.5, 0.6) is 0 Å². The van der Waals surface area contributed by atoms with E-state index >= 15 is 0 Å². The number of aryl methyl sites for hydroxylation is 1. The zero-order valence-corrected chi connectivity index (χ0v) is 23.0. The largest absolute Gasteiger partial charge is 0.382 e. The van der Waals surface area contributed by atoms with E-state index in [1.54, 1.807) is 48.3 Å². The molecule has 5 rings (SSSR count). The molecule has 2 N–H and O–H groups in total. The van der Waals surface area contributed by atoms with E-state index in [2.05, 4.69) is 37.8 Å². The highest BCUT2D eigenvalue weighted by atomic mass is 32.2. The summed E-state index contributed by atoms with van der Waals surface area (Å²) in [6.45, 7) is 6.48. The molecule has 1 saturated carbocycles. The zero-order valence-electron chi connectivity index (χ0n) is 21.2. The van der Waals surface area contributed by atoms with Gasteiger partial charge in [0.15, 0.2) is 11.5 Å². The number of ether oxygens (including phenoxy) is 1. The second-order valence-electron chi connectivity index (χ2n) is 9.35. The molecule has 1 fully saturated rings. The van der Waals surface area contributed by atoms with Crippen LogP contribution in [0.3, 0.4) is 0 Å². The molecule has 1 aromatic carbocycles. The second-order valence-corrected chi connectivity index (χ2v) is 11.2. The predicted octanol–water partition coefficient (Wildman–Crippen LogP) is 3.84. The van der Waals surface area contributed by atoms with Crippen molar-refractivity contribution in [3.8, 4) is 0 Å². The molecule has 3 heterocycles. The summed E-state index contributed by atoms with van der Waals surface area (Å²) in [6.07, 6.45) is 5.59. The first kappa shape index (κ1) is 26.9. The van der Waals surface area contributed by atoms with Gasteiger partial charge in [-0.25, -0.2) is 17.1 Å². The Labute approximate surface area is 223 Å². The maximum absolute atomic E-state index is 13.5. The molecule has 1 unspecified atom stereocenters. The normalized spacial score (nSPS) is 15.2. The molecule has 0 amide bonds. The Balaban J connectivity index is 0.00000320. The lowest BCUT2D eigenvalue weighted by Crippen LogP contribution is -2.19. The molecule has 4 aromatic rings. The molecule has 0 aliphatic heterocycles. The van der Waals surface area contributed by atoms with Crippen molar-refractivity contribution in [1.29, 1.82) is 0 Å². The van der Waals surface area contributed by atoms with Crippen LogP contribution in [0.1, 0.15) is 38.3 Å². The highest BCUT2D eigenvalue weighted by Crippen LogP contribution is 2.35. The highest BCUT2D eigenvalue weighted by Gasteiger charge is 2.29. The minimum absolute atomic E-state index is 0. The summed E-state index contributed by atoms with van der Waals surface area (Å²) >= 11 is 0. The van der Waals surface area contributed by atoms with Crippen LogP contribution < -0.4 is 10.6 Å². The van der Waals surface area contributed by atoms with Gasteiger partial charge < -0.3 is 15.4 Å². The van der Waals surface area contributed by atoms with E-state index in [1.807, 2.05) is 13.8 Å². The number of hydrogen-bond acceptors (Lipinski definition) is 9. The van der Waals surface area contributed by atoms with Gasteiger partial charge in [-0.15, -0.1) is 5.10 Å². The fourth-order valence-corrected chi connectivity index (χ4v) is 5.38. The molecule has 13 heteroatoms. The van der Waals surface area contributed by atoms with Crippen molar-refractivity contribution in [3.63, 3.8) is 0 Å². The monoisotopic (exact) mass is 544 g/mol. The average Bonchev–Trinajstić information content (AvgIpc) is 3.44. The van der Waals surface area contributed by atoms with Crippen LogP contribution >= 0.6 is 13.5 Å². The average molecular weight is 545 g/mol. The van der Waals surface area contributed by atoms with Gasteiger partial charge in [-0.3, -0.25) is 0 Å². The number of anilines is 3. The maximum atomic E-state index is 13.5. The predicted molar refractivity (Wildman–Crippen MR) is 147 cm³/mol. The molecule has 11 nitrogen and oxygen atoms in total. The Hall–Kier alpha value is -3.16. The summed E-state index contributed by atoms with van der Waals surface area (Å²) in [4.78, 5) is 9.44. The van der Waals surface area contributed by atoms with Crippen LogP contribution in [-0.4, -0.2) is 57.1 Å². The SMILES string of the molecule is COCC(C)n1cc(Nc2nc(N[C@@H](C)C3CC3)c3ccn(S(=O)(=O)c4ccc(C)cc4)c3n2)nn1.S. The number of nitrogens with one attached hydrogen (secondary N) is 2. The first-order valence-corrected chi connectivity index (χ1v) is 13.4. The Bertz CT molecular complexity index is 1480. The molecular formula is C24H32N8O3S2. The van der Waals surface area contributed by atoms with Crippen molar-refractivity contribution in [1.82, 2.24) is 28.9 Å². The summed E-state index contributed by atoms with van der Waals surface area (Å²) in [7, 11) is -2.23. The van der Waals surface area contributed by atoms with Crippen LogP contribution in [0.15, 0.2) is 47.6 Å². The molecule has 3 aromatic heterocycles. The van der Waals surface area contributed by atoms with E-state index in [1.165, 1.54) is 23.0 Å². The minimum Gasteiger partial charge on any atom is -0.382 e. The lowest BCUT2D eigenvalue weighted by atomic mass is 10.2. The highest BCUT2D eigenvalue weighted by molar-refractivity contribution is 7.90. The van der Waals surface area contributed by atoms with Crippen LogP contribution in [0.25, 0.3) is 11.0 Å². The smallest absolute Gasteiger partial charge is 0.269 e. The summed E-state index contributed by atoms with van der Waals surface area (Å²) < 4.78 is 35.1. The Morgan fingerprint density at radius 3 is 2.54 bits per heavy atom. The minimum atomic E-state index is -3.87. The Morgan fingerprint density at radius 2 is 1.86 bits per heavy atom. The third kappa shape index (κ3) is 5.58. The molecule has 1 aliphatic rings. The van der Waals surface area contributed by atoms with Crippen LogP contribution in [0.2, 0.25) is 0 Å². The molecule has 198 valence electrons. The van der Waals surface area contributed by atoms with E-state index in [9.17, 15) is 8.42 Å². The maximum Gasteiger partial charge on any atom is 0.269 e. The number of hydrogen-bond donors (Lipinski definition) is 2. The summed E-state index contributed by atoms with van der Waals surface area (Å²) in [5.74, 6) is 1.81. The van der Waals surface area contributed by atoms with Gasteiger partial charge in [0.2, 0.25) is 5.95 Å². The molecule has 0 spiro atoms. The number of aromatic nitrogens is 6. The van der Waals surface area contributed by atoms with Gasteiger partial charge >= 0.3 is 0 Å². The second kappa shape index (κ2) is 10.7. The number of methoxy groups -OCH3 is 1. The molecule has 0 saturated heterocycles. The van der Waals surface area contributed by atoms with Gasteiger partial charge in [0.1, 0.15) is 5.82 Å². The van der Waals surface area contributed by atoms with Gasteiger partial charge in [0.05, 0.1) is 29.1 Å². The lowest BCUT2D eigenvalue weighted by Gasteiger charge is -2.16.